The van der Waals surface area contributed by atoms with E-state index in [0.717, 1.165) is 16.8 Å². The fraction of sp³-hybridized carbons (Fsp3) is 0.208. The molecule has 0 radical (unpaired) electrons. The fourth-order valence-corrected chi connectivity index (χ4v) is 4.49. The number of aliphatic hydroxyl groups is 1. The largest absolute Gasteiger partial charge is 0.448 e. The van der Waals surface area contributed by atoms with Crippen LogP contribution in [0, 0.1) is 0 Å². The molecule has 3 aromatic rings. The van der Waals surface area contributed by atoms with E-state index in [-0.39, 0.29) is 18.6 Å². The number of hydrogen-bond donors (Lipinski definition) is 2. The van der Waals surface area contributed by atoms with Gasteiger partial charge >= 0.3 is 6.09 Å². The zero-order chi connectivity index (χ0) is 19.1. The third-order valence-electron chi connectivity index (χ3n) is 5.75. The summed E-state index contributed by atoms with van der Waals surface area (Å²) >= 11 is 0. The number of amides is 1. The van der Waals surface area contributed by atoms with Crippen molar-refractivity contribution in [1.29, 1.82) is 0 Å². The molecule has 0 saturated heterocycles. The van der Waals surface area contributed by atoms with Gasteiger partial charge in [-0.1, -0.05) is 60.7 Å². The fourth-order valence-electron chi connectivity index (χ4n) is 4.49. The van der Waals surface area contributed by atoms with Gasteiger partial charge in [-0.2, -0.15) is 0 Å². The van der Waals surface area contributed by atoms with E-state index in [1.807, 2.05) is 42.5 Å². The molecule has 0 fully saturated rings. The van der Waals surface area contributed by atoms with Gasteiger partial charge in [0.15, 0.2) is 0 Å². The first kappa shape index (κ1) is 17.0. The molecule has 4 heteroatoms. The van der Waals surface area contributed by atoms with Gasteiger partial charge in [0.1, 0.15) is 6.61 Å². The van der Waals surface area contributed by atoms with Crippen LogP contribution in [0.1, 0.15) is 28.2 Å². The van der Waals surface area contributed by atoms with E-state index in [0.29, 0.717) is 12.8 Å². The lowest BCUT2D eigenvalue weighted by atomic mass is 9.98. The summed E-state index contributed by atoms with van der Waals surface area (Å²) in [6.07, 6.45) is 0.363. The highest BCUT2D eigenvalue weighted by atomic mass is 16.5. The summed E-state index contributed by atoms with van der Waals surface area (Å²) < 4.78 is 5.62. The van der Waals surface area contributed by atoms with Crippen molar-refractivity contribution in [2.75, 3.05) is 11.9 Å². The lowest BCUT2D eigenvalue weighted by Gasteiger charge is -2.15. The highest BCUT2D eigenvalue weighted by molar-refractivity contribution is 5.86. The SMILES string of the molecule is O=C(Nc1cccc2c1CC(O)C2)OCC1c2ccccc2-c2ccccc21. The molecule has 5 rings (SSSR count). The van der Waals surface area contributed by atoms with Crippen molar-refractivity contribution in [1.82, 2.24) is 0 Å². The van der Waals surface area contributed by atoms with Crippen molar-refractivity contribution in [2.24, 2.45) is 0 Å². The lowest BCUT2D eigenvalue weighted by molar-refractivity contribution is 0.158. The minimum absolute atomic E-state index is 0.0430. The number of benzene rings is 3. The maximum atomic E-state index is 12.5. The Balaban J connectivity index is 1.32. The Hall–Kier alpha value is -3.11. The number of rotatable bonds is 3. The van der Waals surface area contributed by atoms with Gasteiger partial charge in [0.05, 0.1) is 6.10 Å². The molecule has 0 bridgehead atoms. The van der Waals surface area contributed by atoms with Gasteiger partial charge < -0.3 is 9.84 Å². The van der Waals surface area contributed by atoms with Crippen LogP contribution in [-0.2, 0) is 17.6 Å². The van der Waals surface area contributed by atoms with Crippen molar-refractivity contribution in [2.45, 2.75) is 24.9 Å². The van der Waals surface area contributed by atoms with Gasteiger partial charge in [-0.05, 0) is 45.9 Å². The van der Waals surface area contributed by atoms with Gasteiger partial charge in [-0.25, -0.2) is 4.79 Å². The summed E-state index contributed by atoms with van der Waals surface area (Å²) in [5.74, 6) is 0.0430. The maximum Gasteiger partial charge on any atom is 0.411 e. The Kier molecular flexibility index (Phi) is 4.14. The van der Waals surface area contributed by atoms with E-state index in [4.69, 9.17) is 4.74 Å². The number of hydrogen-bond acceptors (Lipinski definition) is 3. The maximum absolute atomic E-state index is 12.5. The number of nitrogens with one attached hydrogen (secondary N) is 1. The van der Waals surface area contributed by atoms with E-state index in [9.17, 15) is 9.90 Å². The number of aliphatic hydroxyl groups excluding tert-OH is 1. The third kappa shape index (κ3) is 2.86. The van der Waals surface area contributed by atoms with E-state index in [2.05, 4.69) is 29.6 Å². The molecule has 3 aromatic carbocycles. The quantitative estimate of drug-likeness (QED) is 0.712. The predicted molar refractivity (Wildman–Crippen MR) is 109 cm³/mol. The van der Waals surface area contributed by atoms with Crippen LogP contribution in [-0.4, -0.2) is 23.9 Å². The molecule has 0 saturated carbocycles. The van der Waals surface area contributed by atoms with E-state index in [1.165, 1.54) is 22.3 Å². The molecule has 28 heavy (non-hydrogen) atoms. The number of anilines is 1. The average Bonchev–Trinajstić information content (AvgIpc) is 3.24. The first-order valence-electron chi connectivity index (χ1n) is 9.61. The van der Waals surface area contributed by atoms with Gasteiger partial charge in [0.25, 0.3) is 0 Å². The van der Waals surface area contributed by atoms with E-state index in [1.54, 1.807) is 0 Å². The van der Waals surface area contributed by atoms with Crippen LogP contribution in [0.4, 0.5) is 10.5 Å². The molecule has 1 atom stereocenters. The van der Waals surface area contributed by atoms with Crippen LogP contribution in [0.5, 0.6) is 0 Å². The number of fused-ring (bicyclic) bond motifs is 4. The number of carbonyl (C=O) groups excluding carboxylic acids is 1. The summed E-state index contributed by atoms with van der Waals surface area (Å²) in [6.45, 7) is 0.289. The molecule has 140 valence electrons. The predicted octanol–water partition coefficient (Wildman–Crippen LogP) is 4.51. The van der Waals surface area contributed by atoms with E-state index >= 15 is 0 Å². The second kappa shape index (κ2) is 6.80. The molecule has 2 aliphatic carbocycles. The highest BCUT2D eigenvalue weighted by Gasteiger charge is 2.29. The summed E-state index contributed by atoms with van der Waals surface area (Å²) in [5.41, 5.74) is 7.63. The standard InChI is InChI=1S/C24H21NO3/c26-16-12-15-6-5-11-23(21(15)13-16)25-24(27)28-14-22-19-9-3-1-7-17(19)18-8-2-4-10-20(18)22/h1-11,16,22,26H,12-14H2,(H,25,27). The van der Waals surface area contributed by atoms with Crippen molar-refractivity contribution in [3.05, 3.63) is 89.0 Å². The van der Waals surface area contributed by atoms with Crippen LogP contribution >= 0.6 is 0 Å². The molecule has 0 heterocycles. The summed E-state index contributed by atoms with van der Waals surface area (Å²) in [6, 6.07) is 22.3. The minimum atomic E-state index is -0.461. The monoisotopic (exact) mass is 371 g/mol. The Bertz CT molecular complexity index is 1010. The molecule has 1 unspecified atom stereocenters. The third-order valence-corrected chi connectivity index (χ3v) is 5.75. The Morgan fingerprint density at radius 1 is 0.929 bits per heavy atom. The number of ether oxygens (including phenoxy) is 1. The average molecular weight is 371 g/mol. The highest BCUT2D eigenvalue weighted by Crippen LogP contribution is 2.44. The molecular formula is C24H21NO3. The zero-order valence-electron chi connectivity index (χ0n) is 15.4. The van der Waals surface area contributed by atoms with Gasteiger partial charge in [0.2, 0.25) is 0 Å². The van der Waals surface area contributed by atoms with Crippen molar-refractivity contribution >= 4 is 11.8 Å². The first-order chi connectivity index (χ1) is 13.7. The molecule has 1 amide bonds. The van der Waals surface area contributed by atoms with Crippen LogP contribution in [0.3, 0.4) is 0 Å². The number of carbonyl (C=O) groups is 1. The molecule has 0 aliphatic heterocycles. The molecule has 0 spiro atoms. The molecule has 0 aromatic heterocycles. The zero-order valence-corrected chi connectivity index (χ0v) is 15.4. The summed E-state index contributed by atoms with van der Waals surface area (Å²) in [5, 5.41) is 12.8. The van der Waals surface area contributed by atoms with Crippen molar-refractivity contribution in [3.63, 3.8) is 0 Å². The van der Waals surface area contributed by atoms with Crippen LogP contribution < -0.4 is 5.32 Å². The molecule has 4 nitrogen and oxygen atoms in total. The second-order valence-electron chi connectivity index (χ2n) is 7.46. The summed E-state index contributed by atoms with van der Waals surface area (Å²) in [4.78, 5) is 12.5. The van der Waals surface area contributed by atoms with Crippen LogP contribution in [0.25, 0.3) is 11.1 Å². The van der Waals surface area contributed by atoms with Crippen LogP contribution in [0.2, 0.25) is 0 Å². The molecule has 2 aliphatic rings. The lowest BCUT2D eigenvalue weighted by Crippen LogP contribution is -2.18. The van der Waals surface area contributed by atoms with Crippen LogP contribution in [0.15, 0.2) is 66.7 Å². The first-order valence-corrected chi connectivity index (χ1v) is 9.61. The minimum Gasteiger partial charge on any atom is -0.448 e. The Morgan fingerprint density at radius 2 is 1.61 bits per heavy atom. The normalized spacial score (nSPS) is 17.0. The van der Waals surface area contributed by atoms with Gasteiger partial charge in [-0.15, -0.1) is 0 Å². The smallest absolute Gasteiger partial charge is 0.411 e. The topological polar surface area (TPSA) is 58.6 Å². The van der Waals surface area contributed by atoms with Gasteiger partial charge in [0, 0.05) is 18.0 Å². The Morgan fingerprint density at radius 3 is 2.32 bits per heavy atom. The molecule has 2 N–H and O–H groups in total. The second-order valence-corrected chi connectivity index (χ2v) is 7.46. The molecular weight excluding hydrogens is 350 g/mol. The Labute approximate surface area is 163 Å². The summed E-state index contributed by atoms with van der Waals surface area (Å²) in [7, 11) is 0. The van der Waals surface area contributed by atoms with Gasteiger partial charge in [-0.3, -0.25) is 5.32 Å². The van der Waals surface area contributed by atoms with Crippen molar-refractivity contribution < 1.29 is 14.6 Å². The van der Waals surface area contributed by atoms with Crippen molar-refractivity contribution in [3.8, 4) is 11.1 Å². The van der Waals surface area contributed by atoms with E-state index < -0.39 is 6.09 Å².